The molecule has 0 aliphatic heterocycles. The summed E-state index contributed by atoms with van der Waals surface area (Å²) in [4.78, 5) is 29.6. The normalized spacial score (nSPS) is 24.1. The van der Waals surface area contributed by atoms with E-state index in [4.69, 9.17) is 5.11 Å². The molecule has 2 rings (SSSR count). The molecular formula is C11H13O5P. The Balaban J connectivity index is 2.51. The molecule has 1 aliphatic rings. The summed E-state index contributed by atoms with van der Waals surface area (Å²) in [5.41, 5.74) is 0.133. The number of fused-ring (bicyclic) bond motifs is 1. The molecule has 0 radical (unpaired) electrons. The fourth-order valence-corrected chi connectivity index (χ4v) is 3.46. The SMILES string of the molecule is O=C(O)C1CCC(P(=O)(O)O)c2ccccc21. The second-order valence-electron chi connectivity index (χ2n) is 4.20. The van der Waals surface area contributed by atoms with Crippen LogP contribution < -0.4 is 0 Å². The van der Waals surface area contributed by atoms with Gasteiger partial charge in [0.15, 0.2) is 0 Å². The largest absolute Gasteiger partial charge is 0.481 e. The number of rotatable bonds is 2. The Labute approximate surface area is 98.3 Å². The average Bonchev–Trinajstić information content (AvgIpc) is 2.26. The highest BCUT2D eigenvalue weighted by atomic mass is 31.2. The number of benzene rings is 1. The van der Waals surface area contributed by atoms with Gasteiger partial charge in [-0.3, -0.25) is 9.36 Å². The van der Waals surface area contributed by atoms with Crippen LogP contribution in [0.4, 0.5) is 0 Å². The lowest BCUT2D eigenvalue weighted by molar-refractivity contribution is -0.139. The van der Waals surface area contributed by atoms with Crippen molar-refractivity contribution in [3.05, 3.63) is 35.4 Å². The fourth-order valence-electron chi connectivity index (χ4n) is 2.37. The monoisotopic (exact) mass is 256 g/mol. The molecule has 1 aromatic rings. The van der Waals surface area contributed by atoms with Gasteiger partial charge in [-0.1, -0.05) is 24.3 Å². The Hall–Kier alpha value is -1.16. The number of aliphatic carboxylic acids is 1. The third-order valence-corrected chi connectivity index (χ3v) is 4.51. The first kappa shape index (κ1) is 12.3. The molecule has 0 bridgehead atoms. The van der Waals surface area contributed by atoms with Crippen LogP contribution >= 0.6 is 7.60 Å². The van der Waals surface area contributed by atoms with Crippen LogP contribution in [-0.4, -0.2) is 20.9 Å². The van der Waals surface area contributed by atoms with Crippen molar-refractivity contribution in [3.8, 4) is 0 Å². The van der Waals surface area contributed by atoms with Crippen LogP contribution in [0.1, 0.15) is 35.5 Å². The standard InChI is InChI=1S/C11H13O5P/c12-11(13)9-5-6-10(17(14,15)16)8-4-2-1-3-7(8)9/h1-4,9-10H,5-6H2,(H,12,13)(H2,14,15,16). The lowest BCUT2D eigenvalue weighted by atomic mass is 9.82. The number of hydrogen-bond donors (Lipinski definition) is 3. The minimum Gasteiger partial charge on any atom is -0.481 e. The number of carboxylic acids is 1. The first-order valence-corrected chi connectivity index (χ1v) is 6.96. The Morgan fingerprint density at radius 3 is 2.29 bits per heavy atom. The molecule has 0 spiro atoms. The van der Waals surface area contributed by atoms with Gasteiger partial charge in [-0.25, -0.2) is 0 Å². The molecule has 0 amide bonds. The first-order chi connectivity index (χ1) is 7.91. The molecule has 0 fully saturated rings. The zero-order valence-electron chi connectivity index (χ0n) is 8.98. The van der Waals surface area contributed by atoms with Crippen LogP contribution in [-0.2, 0) is 9.36 Å². The van der Waals surface area contributed by atoms with Crippen LogP contribution in [0, 0.1) is 0 Å². The summed E-state index contributed by atoms with van der Waals surface area (Å²) in [6.45, 7) is 0. The van der Waals surface area contributed by atoms with Gasteiger partial charge in [0, 0.05) is 0 Å². The summed E-state index contributed by atoms with van der Waals surface area (Å²) in [6.07, 6.45) is 0.473. The maximum Gasteiger partial charge on any atom is 0.332 e. The van der Waals surface area contributed by atoms with E-state index in [2.05, 4.69) is 0 Å². The van der Waals surface area contributed by atoms with Gasteiger partial charge in [0.2, 0.25) is 0 Å². The zero-order valence-corrected chi connectivity index (χ0v) is 9.88. The third-order valence-electron chi connectivity index (χ3n) is 3.16. The highest BCUT2D eigenvalue weighted by Gasteiger charge is 2.39. The van der Waals surface area contributed by atoms with Crippen molar-refractivity contribution >= 4 is 13.6 Å². The van der Waals surface area contributed by atoms with E-state index in [1.807, 2.05) is 0 Å². The molecule has 92 valence electrons. The van der Waals surface area contributed by atoms with Crippen molar-refractivity contribution < 1.29 is 24.3 Å². The van der Waals surface area contributed by atoms with Gasteiger partial charge in [-0.15, -0.1) is 0 Å². The number of carboxylic acid groups (broad SMARTS) is 1. The Morgan fingerprint density at radius 2 is 1.76 bits per heavy atom. The van der Waals surface area contributed by atoms with E-state index in [0.717, 1.165) is 0 Å². The summed E-state index contributed by atoms with van der Waals surface area (Å²) >= 11 is 0. The van der Waals surface area contributed by atoms with Gasteiger partial charge in [0.05, 0.1) is 11.6 Å². The van der Waals surface area contributed by atoms with Crippen LogP contribution in [0.25, 0.3) is 0 Å². The van der Waals surface area contributed by atoms with E-state index < -0.39 is 25.1 Å². The van der Waals surface area contributed by atoms with Crippen molar-refractivity contribution in [1.82, 2.24) is 0 Å². The van der Waals surface area contributed by atoms with Gasteiger partial charge in [0.1, 0.15) is 0 Å². The Morgan fingerprint density at radius 1 is 1.18 bits per heavy atom. The van der Waals surface area contributed by atoms with E-state index in [9.17, 15) is 19.1 Å². The molecule has 0 saturated heterocycles. The molecule has 2 unspecified atom stereocenters. The summed E-state index contributed by atoms with van der Waals surface area (Å²) in [7, 11) is -4.22. The van der Waals surface area contributed by atoms with Crippen LogP contribution in [0.15, 0.2) is 24.3 Å². The summed E-state index contributed by atoms with van der Waals surface area (Å²) in [5.74, 6) is -1.60. The lowest BCUT2D eigenvalue weighted by Gasteiger charge is -2.29. The summed E-state index contributed by atoms with van der Waals surface area (Å²) in [5, 5.41) is 9.08. The molecule has 0 saturated carbocycles. The molecule has 6 heteroatoms. The minimum absolute atomic E-state index is 0.207. The van der Waals surface area contributed by atoms with Crippen LogP contribution in [0.5, 0.6) is 0 Å². The minimum atomic E-state index is -4.22. The third kappa shape index (κ3) is 2.27. The maximum absolute atomic E-state index is 11.4. The lowest BCUT2D eigenvalue weighted by Crippen LogP contribution is -2.20. The van der Waals surface area contributed by atoms with Crippen LogP contribution in [0.2, 0.25) is 0 Å². The van der Waals surface area contributed by atoms with Gasteiger partial charge in [-0.05, 0) is 24.0 Å². The summed E-state index contributed by atoms with van der Waals surface area (Å²) in [6, 6.07) is 6.60. The van der Waals surface area contributed by atoms with Gasteiger partial charge in [-0.2, -0.15) is 0 Å². The van der Waals surface area contributed by atoms with Crippen molar-refractivity contribution in [3.63, 3.8) is 0 Å². The molecule has 5 nitrogen and oxygen atoms in total. The van der Waals surface area contributed by atoms with Crippen molar-refractivity contribution in [2.45, 2.75) is 24.4 Å². The highest BCUT2D eigenvalue weighted by molar-refractivity contribution is 7.52. The van der Waals surface area contributed by atoms with Crippen molar-refractivity contribution in [2.75, 3.05) is 0 Å². The quantitative estimate of drug-likeness (QED) is 0.702. The second-order valence-corrected chi connectivity index (χ2v) is 6.00. The summed E-state index contributed by atoms with van der Waals surface area (Å²) < 4.78 is 11.4. The smallest absolute Gasteiger partial charge is 0.332 e. The predicted octanol–water partition coefficient (Wildman–Crippen LogP) is 1.87. The fraction of sp³-hybridized carbons (Fsp3) is 0.364. The Kier molecular flexibility index (Phi) is 3.08. The average molecular weight is 256 g/mol. The number of hydrogen-bond acceptors (Lipinski definition) is 2. The van der Waals surface area contributed by atoms with E-state index in [1.165, 1.54) is 0 Å². The van der Waals surface area contributed by atoms with Crippen molar-refractivity contribution in [1.29, 1.82) is 0 Å². The predicted molar refractivity (Wildman–Crippen MR) is 60.8 cm³/mol. The van der Waals surface area contributed by atoms with E-state index in [-0.39, 0.29) is 12.8 Å². The van der Waals surface area contributed by atoms with Crippen molar-refractivity contribution in [2.24, 2.45) is 0 Å². The molecule has 1 aromatic carbocycles. The Bertz CT molecular complexity index is 492. The number of carbonyl (C=O) groups is 1. The second kappa shape index (κ2) is 4.26. The molecule has 2 atom stereocenters. The van der Waals surface area contributed by atoms with Gasteiger partial charge < -0.3 is 14.9 Å². The van der Waals surface area contributed by atoms with E-state index in [0.29, 0.717) is 11.1 Å². The van der Waals surface area contributed by atoms with Gasteiger partial charge in [0.25, 0.3) is 0 Å². The first-order valence-electron chi connectivity index (χ1n) is 5.28. The van der Waals surface area contributed by atoms with E-state index in [1.54, 1.807) is 24.3 Å². The maximum atomic E-state index is 11.4. The highest BCUT2D eigenvalue weighted by Crippen LogP contribution is 2.58. The molecule has 1 aliphatic carbocycles. The van der Waals surface area contributed by atoms with E-state index >= 15 is 0 Å². The topological polar surface area (TPSA) is 94.8 Å². The zero-order chi connectivity index (χ0) is 12.6. The molecule has 0 aromatic heterocycles. The van der Waals surface area contributed by atoms with Gasteiger partial charge >= 0.3 is 13.6 Å². The van der Waals surface area contributed by atoms with Crippen LogP contribution in [0.3, 0.4) is 0 Å². The molecule has 3 N–H and O–H groups in total. The molecular weight excluding hydrogens is 243 g/mol. The molecule has 17 heavy (non-hydrogen) atoms. The molecule has 0 heterocycles.